The summed E-state index contributed by atoms with van der Waals surface area (Å²) in [6, 6.07) is 5.62. The standard InChI is InChI=1S/C13H18ClNO2/c14-12-2-1-11(7-13(12)15)9-17-8-10-3-5-16-6-4-10/h1-2,7,10H,3-6,8-9,15H2. The van der Waals surface area contributed by atoms with Gasteiger partial charge in [0.2, 0.25) is 0 Å². The molecular formula is C13H18ClNO2. The summed E-state index contributed by atoms with van der Waals surface area (Å²) in [6.45, 7) is 3.12. The second-order valence-electron chi connectivity index (χ2n) is 4.43. The van der Waals surface area contributed by atoms with E-state index in [4.69, 9.17) is 26.8 Å². The van der Waals surface area contributed by atoms with Crippen LogP contribution in [0.5, 0.6) is 0 Å². The molecule has 1 saturated heterocycles. The summed E-state index contributed by atoms with van der Waals surface area (Å²) >= 11 is 5.86. The predicted octanol–water partition coefficient (Wildman–Crippen LogP) is 2.87. The third kappa shape index (κ3) is 3.87. The number of nitrogen functional groups attached to an aromatic ring is 1. The van der Waals surface area contributed by atoms with Crippen molar-refractivity contribution in [1.82, 2.24) is 0 Å². The van der Waals surface area contributed by atoms with Crippen LogP contribution in [0.2, 0.25) is 5.02 Å². The van der Waals surface area contributed by atoms with Gasteiger partial charge in [0.25, 0.3) is 0 Å². The highest BCUT2D eigenvalue weighted by atomic mass is 35.5. The van der Waals surface area contributed by atoms with Gasteiger partial charge in [-0.2, -0.15) is 0 Å². The summed E-state index contributed by atoms with van der Waals surface area (Å²) in [5, 5.41) is 0.596. The van der Waals surface area contributed by atoms with Gasteiger partial charge in [-0.1, -0.05) is 17.7 Å². The zero-order chi connectivity index (χ0) is 12.1. The maximum atomic E-state index is 5.86. The van der Waals surface area contributed by atoms with Gasteiger partial charge in [-0.05, 0) is 36.5 Å². The molecule has 0 aromatic heterocycles. The Morgan fingerprint density at radius 2 is 2.12 bits per heavy atom. The molecule has 0 amide bonds. The molecule has 1 aliphatic heterocycles. The van der Waals surface area contributed by atoms with Crippen LogP contribution in [0, 0.1) is 5.92 Å². The lowest BCUT2D eigenvalue weighted by Crippen LogP contribution is -2.20. The Bertz CT molecular complexity index is 364. The summed E-state index contributed by atoms with van der Waals surface area (Å²) in [5.41, 5.74) is 7.41. The lowest BCUT2D eigenvalue weighted by molar-refractivity contribution is 0.0157. The van der Waals surface area contributed by atoms with Gasteiger partial charge in [-0.15, -0.1) is 0 Å². The van der Waals surface area contributed by atoms with Gasteiger partial charge in [0.15, 0.2) is 0 Å². The van der Waals surface area contributed by atoms with E-state index < -0.39 is 0 Å². The molecule has 3 nitrogen and oxygen atoms in total. The number of ether oxygens (including phenoxy) is 2. The van der Waals surface area contributed by atoms with Gasteiger partial charge in [-0.3, -0.25) is 0 Å². The van der Waals surface area contributed by atoms with Crippen LogP contribution in [-0.2, 0) is 16.1 Å². The number of hydrogen-bond acceptors (Lipinski definition) is 3. The fourth-order valence-electron chi connectivity index (χ4n) is 1.94. The van der Waals surface area contributed by atoms with Crippen LogP contribution >= 0.6 is 11.6 Å². The van der Waals surface area contributed by atoms with Crippen LogP contribution in [0.15, 0.2) is 18.2 Å². The van der Waals surface area contributed by atoms with Crippen LogP contribution < -0.4 is 5.73 Å². The SMILES string of the molecule is Nc1cc(COCC2CCOCC2)ccc1Cl. The van der Waals surface area contributed by atoms with Gasteiger partial charge in [0.05, 0.1) is 23.9 Å². The topological polar surface area (TPSA) is 44.5 Å². The Morgan fingerprint density at radius 1 is 1.35 bits per heavy atom. The molecule has 0 atom stereocenters. The molecule has 0 aliphatic carbocycles. The van der Waals surface area contributed by atoms with Crippen molar-refractivity contribution in [1.29, 1.82) is 0 Å². The molecular weight excluding hydrogens is 238 g/mol. The second kappa shape index (κ2) is 6.24. The largest absolute Gasteiger partial charge is 0.398 e. The van der Waals surface area contributed by atoms with Crippen molar-refractivity contribution in [2.75, 3.05) is 25.6 Å². The van der Waals surface area contributed by atoms with Gasteiger partial charge in [-0.25, -0.2) is 0 Å². The molecule has 1 heterocycles. The van der Waals surface area contributed by atoms with Crippen molar-refractivity contribution in [3.63, 3.8) is 0 Å². The quantitative estimate of drug-likeness (QED) is 0.842. The zero-order valence-corrected chi connectivity index (χ0v) is 10.6. The zero-order valence-electron chi connectivity index (χ0n) is 9.82. The molecule has 0 radical (unpaired) electrons. The van der Waals surface area contributed by atoms with Gasteiger partial charge < -0.3 is 15.2 Å². The molecule has 1 fully saturated rings. The Hall–Kier alpha value is -0.770. The van der Waals surface area contributed by atoms with E-state index in [1.54, 1.807) is 0 Å². The van der Waals surface area contributed by atoms with E-state index in [2.05, 4.69) is 0 Å². The van der Waals surface area contributed by atoms with Gasteiger partial charge in [0.1, 0.15) is 0 Å². The first kappa shape index (κ1) is 12.7. The maximum absolute atomic E-state index is 5.86. The van der Waals surface area contributed by atoms with Crippen LogP contribution in [0.1, 0.15) is 18.4 Å². The monoisotopic (exact) mass is 255 g/mol. The Labute approximate surface area is 107 Å². The van der Waals surface area contributed by atoms with Crippen LogP contribution in [0.25, 0.3) is 0 Å². The Kier molecular flexibility index (Phi) is 4.66. The molecule has 0 bridgehead atoms. The first-order chi connectivity index (χ1) is 8.25. The summed E-state index contributed by atoms with van der Waals surface area (Å²) in [6.07, 6.45) is 2.20. The minimum atomic E-state index is 0.596. The summed E-state index contributed by atoms with van der Waals surface area (Å²) in [5.74, 6) is 0.633. The van der Waals surface area contributed by atoms with Crippen LogP contribution in [0.4, 0.5) is 5.69 Å². The number of halogens is 1. The Balaban J connectivity index is 1.75. The van der Waals surface area contributed by atoms with Crippen LogP contribution in [0.3, 0.4) is 0 Å². The molecule has 2 N–H and O–H groups in total. The highest BCUT2D eigenvalue weighted by Crippen LogP contribution is 2.20. The average Bonchev–Trinajstić information content (AvgIpc) is 2.35. The molecule has 1 aromatic carbocycles. The molecule has 0 spiro atoms. The fourth-order valence-corrected chi connectivity index (χ4v) is 2.06. The normalized spacial score (nSPS) is 17.2. The highest BCUT2D eigenvalue weighted by Gasteiger charge is 2.13. The average molecular weight is 256 g/mol. The molecule has 94 valence electrons. The van der Waals surface area contributed by atoms with Crippen molar-refractivity contribution < 1.29 is 9.47 Å². The summed E-state index contributed by atoms with van der Waals surface area (Å²) in [7, 11) is 0. The smallest absolute Gasteiger partial charge is 0.0717 e. The third-order valence-electron chi connectivity index (χ3n) is 3.02. The van der Waals surface area contributed by atoms with E-state index in [0.29, 0.717) is 23.2 Å². The molecule has 1 aromatic rings. The molecule has 0 saturated carbocycles. The number of anilines is 1. The van der Waals surface area contributed by atoms with Gasteiger partial charge >= 0.3 is 0 Å². The Morgan fingerprint density at radius 3 is 2.82 bits per heavy atom. The molecule has 4 heteroatoms. The number of rotatable bonds is 4. The fraction of sp³-hybridized carbons (Fsp3) is 0.538. The van der Waals surface area contributed by atoms with Crippen molar-refractivity contribution in [2.45, 2.75) is 19.4 Å². The van der Waals surface area contributed by atoms with Crippen molar-refractivity contribution in [3.05, 3.63) is 28.8 Å². The minimum Gasteiger partial charge on any atom is -0.398 e. The first-order valence-electron chi connectivity index (χ1n) is 5.95. The predicted molar refractivity (Wildman–Crippen MR) is 69.1 cm³/mol. The van der Waals surface area contributed by atoms with E-state index in [1.165, 1.54) is 0 Å². The highest BCUT2D eigenvalue weighted by molar-refractivity contribution is 6.33. The van der Waals surface area contributed by atoms with E-state index >= 15 is 0 Å². The number of benzene rings is 1. The molecule has 1 aliphatic rings. The maximum Gasteiger partial charge on any atom is 0.0717 e. The van der Waals surface area contributed by atoms with E-state index in [1.807, 2.05) is 18.2 Å². The summed E-state index contributed by atoms with van der Waals surface area (Å²) < 4.78 is 11.0. The van der Waals surface area contributed by atoms with Crippen molar-refractivity contribution >= 4 is 17.3 Å². The van der Waals surface area contributed by atoms with Crippen LogP contribution in [-0.4, -0.2) is 19.8 Å². The second-order valence-corrected chi connectivity index (χ2v) is 4.83. The third-order valence-corrected chi connectivity index (χ3v) is 3.37. The van der Waals surface area contributed by atoms with E-state index in [-0.39, 0.29) is 0 Å². The molecule has 17 heavy (non-hydrogen) atoms. The minimum absolute atomic E-state index is 0.596. The molecule has 0 unspecified atom stereocenters. The number of hydrogen-bond donors (Lipinski definition) is 1. The lowest BCUT2D eigenvalue weighted by Gasteiger charge is -2.21. The molecule has 2 rings (SSSR count). The van der Waals surface area contributed by atoms with Crippen molar-refractivity contribution in [2.24, 2.45) is 5.92 Å². The summed E-state index contributed by atoms with van der Waals surface area (Å²) in [4.78, 5) is 0. The first-order valence-corrected chi connectivity index (χ1v) is 6.33. The van der Waals surface area contributed by atoms with E-state index in [9.17, 15) is 0 Å². The lowest BCUT2D eigenvalue weighted by atomic mass is 10.0. The van der Waals surface area contributed by atoms with Crippen molar-refractivity contribution in [3.8, 4) is 0 Å². The number of nitrogens with two attached hydrogens (primary N) is 1. The van der Waals surface area contributed by atoms with Gasteiger partial charge in [0, 0.05) is 13.2 Å². The van der Waals surface area contributed by atoms with E-state index in [0.717, 1.165) is 38.2 Å².